The number of carbonyl (C=O) groups excluding carboxylic acids is 1. The predicted octanol–water partition coefficient (Wildman–Crippen LogP) is 3.94. The van der Waals surface area contributed by atoms with Crippen LogP contribution in [0.4, 0.5) is 4.39 Å². The number of nitrogens with zero attached hydrogens (tertiary/aromatic N) is 1. The Morgan fingerprint density at radius 1 is 1.19 bits per heavy atom. The Morgan fingerprint density at radius 3 is 2.62 bits per heavy atom. The molecule has 0 unspecified atom stereocenters. The molecule has 0 saturated carbocycles. The third-order valence-electron chi connectivity index (χ3n) is 4.02. The standard InChI is InChI=1S/C20H19FN2O3/c1-13-19(14(2)26-23-13)12-25-18-8-6-16(7-9-18)20(24)22-11-15-4-3-5-17(21)10-15/h3-10H,11-12H2,1-2H3,(H,22,24). The number of amides is 1. The summed E-state index contributed by atoms with van der Waals surface area (Å²) in [6, 6.07) is 13.0. The minimum Gasteiger partial charge on any atom is -0.489 e. The maximum absolute atomic E-state index is 13.1. The molecule has 0 aliphatic rings. The Balaban J connectivity index is 1.56. The van der Waals surface area contributed by atoms with Crippen molar-refractivity contribution in [3.05, 3.63) is 82.5 Å². The highest BCUT2D eigenvalue weighted by atomic mass is 19.1. The summed E-state index contributed by atoms with van der Waals surface area (Å²) >= 11 is 0. The number of carbonyl (C=O) groups is 1. The topological polar surface area (TPSA) is 64.4 Å². The van der Waals surface area contributed by atoms with Gasteiger partial charge in [0.05, 0.1) is 11.3 Å². The summed E-state index contributed by atoms with van der Waals surface area (Å²) in [4.78, 5) is 12.2. The van der Waals surface area contributed by atoms with Gasteiger partial charge in [0.2, 0.25) is 0 Å². The molecule has 6 heteroatoms. The zero-order valence-corrected chi connectivity index (χ0v) is 14.6. The average Bonchev–Trinajstić information content (AvgIpc) is 2.96. The molecule has 0 atom stereocenters. The maximum atomic E-state index is 13.1. The van der Waals surface area contributed by atoms with Crippen LogP contribution in [0.15, 0.2) is 53.1 Å². The van der Waals surface area contributed by atoms with Crippen molar-refractivity contribution in [3.8, 4) is 5.75 Å². The van der Waals surface area contributed by atoms with Crippen LogP contribution < -0.4 is 10.1 Å². The van der Waals surface area contributed by atoms with Gasteiger partial charge < -0.3 is 14.6 Å². The Morgan fingerprint density at radius 2 is 1.96 bits per heavy atom. The SMILES string of the molecule is Cc1noc(C)c1COc1ccc(C(=O)NCc2cccc(F)c2)cc1. The van der Waals surface area contributed by atoms with Crippen LogP contribution in [0.3, 0.4) is 0 Å². The van der Waals surface area contributed by atoms with Crippen LogP contribution in [0.1, 0.15) is 32.9 Å². The molecule has 0 bridgehead atoms. The summed E-state index contributed by atoms with van der Waals surface area (Å²) < 4.78 is 24.0. The molecule has 1 amide bonds. The molecule has 1 N–H and O–H groups in total. The van der Waals surface area contributed by atoms with Crippen molar-refractivity contribution in [1.29, 1.82) is 0 Å². The van der Waals surface area contributed by atoms with Gasteiger partial charge in [-0.2, -0.15) is 0 Å². The van der Waals surface area contributed by atoms with E-state index in [0.717, 1.165) is 17.0 Å². The van der Waals surface area contributed by atoms with E-state index >= 15 is 0 Å². The first-order chi connectivity index (χ1) is 12.5. The van der Waals surface area contributed by atoms with Crippen molar-refractivity contribution >= 4 is 5.91 Å². The molecule has 0 saturated heterocycles. The normalized spacial score (nSPS) is 10.6. The van der Waals surface area contributed by atoms with E-state index in [1.54, 1.807) is 36.4 Å². The number of ether oxygens (including phenoxy) is 1. The van der Waals surface area contributed by atoms with Gasteiger partial charge >= 0.3 is 0 Å². The highest BCUT2D eigenvalue weighted by Crippen LogP contribution is 2.18. The van der Waals surface area contributed by atoms with E-state index in [-0.39, 0.29) is 18.3 Å². The minimum absolute atomic E-state index is 0.230. The zero-order valence-electron chi connectivity index (χ0n) is 14.6. The number of halogens is 1. The fourth-order valence-corrected chi connectivity index (χ4v) is 2.50. The number of benzene rings is 2. The lowest BCUT2D eigenvalue weighted by Gasteiger charge is -2.08. The molecular formula is C20H19FN2O3. The van der Waals surface area contributed by atoms with Crippen molar-refractivity contribution in [2.24, 2.45) is 0 Å². The fourth-order valence-electron chi connectivity index (χ4n) is 2.50. The predicted molar refractivity (Wildman–Crippen MR) is 94.3 cm³/mol. The third kappa shape index (κ3) is 4.27. The molecular weight excluding hydrogens is 335 g/mol. The first-order valence-corrected chi connectivity index (χ1v) is 8.20. The molecule has 2 aromatic carbocycles. The molecule has 26 heavy (non-hydrogen) atoms. The first-order valence-electron chi connectivity index (χ1n) is 8.20. The lowest BCUT2D eigenvalue weighted by atomic mass is 10.2. The second-order valence-corrected chi connectivity index (χ2v) is 5.93. The van der Waals surface area contributed by atoms with Gasteiger partial charge in [0.25, 0.3) is 5.91 Å². The number of rotatable bonds is 6. The number of aromatic nitrogens is 1. The largest absolute Gasteiger partial charge is 0.489 e. The van der Waals surface area contributed by atoms with Gasteiger partial charge in [-0.1, -0.05) is 17.3 Å². The van der Waals surface area contributed by atoms with Crippen LogP contribution in [0.25, 0.3) is 0 Å². The molecule has 3 aromatic rings. The van der Waals surface area contributed by atoms with E-state index in [9.17, 15) is 9.18 Å². The second kappa shape index (κ2) is 7.82. The van der Waals surface area contributed by atoms with Gasteiger partial charge in [-0.15, -0.1) is 0 Å². The number of hydrogen-bond acceptors (Lipinski definition) is 4. The summed E-state index contributed by atoms with van der Waals surface area (Å²) in [7, 11) is 0. The molecule has 1 aromatic heterocycles. The second-order valence-electron chi connectivity index (χ2n) is 5.93. The summed E-state index contributed by atoms with van der Waals surface area (Å²) in [6.07, 6.45) is 0. The monoisotopic (exact) mass is 354 g/mol. The van der Waals surface area contributed by atoms with E-state index in [0.29, 0.717) is 23.5 Å². The van der Waals surface area contributed by atoms with E-state index in [1.807, 2.05) is 13.8 Å². The Labute approximate surface area is 150 Å². The van der Waals surface area contributed by atoms with Gasteiger partial charge in [0.1, 0.15) is 23.9 Å². The van der Waals surface area contributed by atoms with Crippen molar-refractivity contribution < 1.29 is 18.4 Å². The Bertz CT molecular complexity index is 884. The summed E-state index contributed by atoms with van der Waals surface area (Å²) in [5.41, 5.74) is 2.93. The number of hydrogen-bond donors (Lipinski definition) is 1. The Hall–Kier alpha value is -3.15. The van der Waals surface area contributed by atoms with E-state index in [4.69, 9.17) is 9.26 Å². The van der Waals surface area contributed by atoms with Crippen LogP contribution in [-0.4, -0.2) is 11.1 Å². The average molecular weight is 354 g/mol. The molecule has 134 valence electrons. The Kier molecular flexibility index (Phi) is 5.31. The van der Waals surface area contributed by atoms with Crippen LogP contribution in [0, 0.1) is 19.7 Å². The summed E-state index contributed by atoms with van der Waals surface area (Å²) in [5, 5.41) is 6.65. The number of nitrogens with one attached hydrogen (secondary N) is 1. The lowest BCUT2D eigenvalue weighted by molar-refractivity contribution is 0.0951. The summed E-state index contributed by atoms with van der Waals surface area (Å²) in [6.45, 7) is 4.32. The van der Waals surface area contributed by atoms with Crippen molar-refractivity contribution in [2.75, 3.05) is 0 Å². The lowest BCUT2D eigenvalue weighted by Crippen LogP contribution is -2.22. The van der Waals surface area contributed by atoms with Crippen molar-refractivity contribution in [2.45, 2.75) is 27.0 Å². The van der Waals surface area contributed by atoms with E-state index in [2.05, 4.69) is 10.5 Å². The van der Waals surface area contributed by atoms with Gasteiger partial charge in [-0.05, 0) is 55.8 Å². The molecule has 5 nitrogen and oxygen atoms in total. The molecule has 0 radical (unpaired) electrons. The highest BCUT2D eigenvalue weighted by molar-refractivity contribution is 5.94. The molecule has 0 aliphatic heterocycles. The van der Waals surface area contributed by atoms with Gasteiger partial charge in [-0.25, -0.2) is 4.39 Å². The molecule has 0 aliphatic carbocycles. The molecule has 3 rings (SSSR count). The van der Waals surface area contributed by atoms with E-state index in [1.165, 1.54) is 12.1 Å². The molecule has 0 spiro atoms. The van der Waals surface area contributed by atoms with Crippen molar-refractivity contribution in [1.82, 2.24) is 10.5 Å². The number of aryl methyl sites for hydroxylation is 2. The van der Waals surface area contributed by atoms with Gasteiger partial charge in [0.15, 0.2) is 0 Å². The van der Waals surface area contributed by atoms with Gasteiger partial charge in [-0.3, -0.25) is 4.79 Å². The summed E-state index contributed by atoms with van der Waals surface area (Å²) in [5.74, 6) is 0.825. The fraction of sp³-hybridized carbons (Fsp3) is 0.200. The quantitative estimate of drug-likeness (QED) is 0.728. The zero-order chi connectivity index (χ0) is 18.5. The molecule has 0 fully saturated rings. The van der Waals surface area contributed by atoms with E-state index < -0.39 is 0 Å². The highest BCUT2D eigenvalue weighted by Gasteiger charge is 2.10. The van der Waals surface area contributed by atoms with Crippen LogP contribution in [0.5, 0.6) is 5.75 Å². The third-order valence-corrected chi connectivity index (χ3v) is 4.02. The van der Waals surface area contributed by atoms with Crippen LogP contribution in [0.2, 0.25) is 0 Å². The molecule has 1 heterocycles. The first kappa shape index (κ1) is 17.7. The van der Waals surface area contributed by atoms with Gasteiger partial charge in [0, 0.05) is 12.1 Å². The minimum atomic E-state index is -0.323. The van der Waals surface area contributed by atoms with Crippen LogP contribution >= 0.6 is 0 Å². The smallest absolute Gasteiger partial charge is 0.251 e. The maximum Gasteiger partial charge on any atom is 0.251 e. The van der Waals surface area contributed by atoms with Crippen molar-refractivity contribution in [3.63, 3.8) is 0 Å². The van der Waals surface area contributed by atoms with Crippen LogP contribution in [-0.2, 0) is 13.2 Å².